The molecular formula is C25H23BNO3S. The number of oxazole rings is 1. The van der Waals surface area contributed by atoms with Gasteiger partial charge in [0.25, 0.3) is 0 Å². The van der Waals surface area contributed by atoms with Crippen LogP contribution in [0.2, 0.25) is 0 Å². The van der Waals surface area contributed by atoms with Gasteiger partial charge in [-0.2, -0.15) is 0 Å². The molecule has 0 aliphatic rings. The summed E-state index contributed by atoms with van der Waals surface area (Å²) in [7, 11) is 1.76. The van der Waals surface area contributed by atoms with Gasteiger partial charge in [-0.15, -0.1) is 11.3 Å². The molecule has 5 rings (SSSR count). The highest BCUT2D eigenvalue weighted by atomic mass is 32.1. The Hall–Kier alpha value is -2.67. The van der Waals surface area contributed by atoms with Gasteiger partial charge in [-0.25, -0.2) is 4.98 Å². The fourth-order valence-electron chi connectivity index (χ4n) is 3.40. The lowest BCUT2D eigenvalue weighted by Crippen LogP contribution is -2.49. The number of rotatable bonds is 5. The van der Waals surface area contributed by atoms with Crippen LogP contribution in [0.1, 0.15) is 27.7 Å². The lowest BCUT2D eigenvalue weighted by molar-refractivity contribution is -0.0893. The Kier molecular flexibility index (Phi) is 4.70. The van der Waals surface area contributed by atoms with Gasteiger partial charge in [0.2, 0.25) is 5.89 Å². The second-order valence-corrected chi connectivity index (χ2v) is 9.88. The summed E-state index contributed by atoms with van der Waals surface area (Å²) in [5, 5.41) is 12.7. The summed E-state index contributed by atoms with van der Waals surface area (Å²) < 4.78 is 14.3. The Morgan fingerprint density at radius 1 is 0.968 bits per heavy atom. The average molecular weight is 428 g/mol. The Bertz CT molecular complexity index is 1380. The van der Waals surface area contributed by atoms with Crippen LogP contribution in [0.5, 0.6) is 0 Å². The molecule has 0 bridgehead atoms. The lowest BCUT2D eigenvalue weighted by atomic mass is 9.82. The molecule has 0 fully saturated rings. The van der Waals surface area contributed by atoms with Gasteiger partial charge in [0.15, 0.2) is 5.58 Å². The smallest absolute Gasteiger partial charge is 0.332 e. The topological polar surface area (TPSA) is 55.5 Å². The Morgan fingerprint density at radius 3 is 2.55 bits per heavy atom. The summed E-state index contributed by atoms with van der Waals surface area (Å²) in [6.07, 6.45) is 0. The summed E-state index contributed by atoms with van der Waals surface area (Å²) >= 11 is 1.73. The van der Waals surface area contributed by atoms with Crippen LogP contribution in [-0.4, -0.2) is 28.8 Å². The molecule has 0 amide bonds. The molecule has 6 heteroatoms. The molecule has 0 saturated heterocycles. The van der Waals surface area contributed by atoms with Gasteiger partial charge in [-0.3, -0.25) is 0 Å². The molecule has 5 aromatic rings. The van der Waals surface area contributed by atoms with E-state index in [-0.39, 0.29) is 0 Å². The highest BCUT2D eigenvalue weighted by molar-refractivity contribution is 7.27. The predicted molar refractivity (Wildman–Crippen MR) is 129 cm³/mol. The van der Waals surface area contributed by atoms with Crippen molar-refractivity contribution in [1.29, 1.82) is 0 Å². The first-order valence-corrected chi connectivity index (χ1v) is 11.1. The number of thiophene rings is 1. The zero-order valence-electron chi connectivity index (χ0n) is 18.0. The minimum absolute atomic E-state index is 0.625. The maximum atomic E-state index is 10.4. The minimum atomic E-state index is -0.966. The molecule has 31 heavy (non-hydrogen) atoms. The molecule has 1 N–H and O–H groups in total. The van der Waals surface area contributed by atoms with Crippen molar-refractivity contribution in [2.75, 3.05) is 0 Å². The third-order valence-electron chi connectivity index (χ3n) is 6.02. The number of benzene rings is 3. The summed E-state index contributed by atoms with van der Waals surface area (Å²) in [4.78, 5) is 4.64. The van der Waals surface area contributed by atoms with Crippen molar-refractivity contribution < 1.29 is 14.2 Å². The van der Waals surface area contributed by atoms with Gasteiger partial charge in [0, 0.05) is 20.3 Å². The van der Waals surface area contributed by atoms with Gasteiger partial charge >= 0.3 is 7.48 Å². The Morgan fingerprint density at radius 2 is 1.77 bits per heavy atom. The van der Waals surface area contributed by atoms with Crippen LogP contribution in [-0.2, 0) is 4.65 Å². The summed E-state index contributed by atoms with van der Waals surface area (Å²) in [6, 6.07) is 20.3. The van der Waals surface area contributed by atoms with E-state index in [1.807, 2.05) is 50.2 Å². The number of aliphatic hydroxyl groups is 1. The number of hydrogen-bond donors (Lipinski definition) is 1. The molecule has 0 unspecified atom stereocenters. The van der Waals surface area contributed by atoms with E-state index in [0.717, 1.165) is 37.6 Å². The largest absolute Gasteiger partial charge is 0.436 e. The van der Waals surface area contributed by atoms with E-state index in [4.69, 9.17) is 9.07 Å². The van der Waals surface area contributed by atoms with Crippen LogP contribution in [0.3, 0.4) is 0 Å². The number of hydrogen-bond acceptors (Lipinski definition) is 5. The first-order valence-electron chi connectivity index (χ1n) is 10.3. The van der Waals surface area contributed by atoms with Crippen LogP contribution in [0, 0.1) is 0 Å². The molecular weight excluding hydrogens is 405 g/mol. The van der Waals surface area contributed by atoms with Crippen LogP contribution in [0.15, 0.2) is 65.1 Å². The fourth-order valence-corrected chi connectivity index (χ4v) is 4.55. The maximum absolute atomic E-state index is 10.4. The van der Waals surface area contributed by atoms with Crippen molar-refractivity contribution in [2.24, 2.45) is 0 Å². The molecule has 0 atom stereocenters. The lowest BCUT2D eigenvalue weighted by Gasteiger charge is -2.37. The van der Waals surface area contributed by atoms with Crippen molar-refractivity contribution in [3.8, 4) is 11.5 Å². The van der Waals surface area contributed by atoms with Crippen LogP contribution >= 0.6 is 11.3 Å². The summed E-state index contributed by atoms with van der Waals surface area (Å²) in [5.41, 5.74) is 1.92. The van der Waals surface area contributed by atoms with Gasteiger partial charge in [-0.05, 0) is 68.9 Å². The molecule has 155 valence electrons. The minimum Gasteiger partial charge on any atom is -0.436 e. The van der Waals surface area contributed by atoms with E-state index in [0.29, 0.717) is 5.89 Å². The molecule has 0 aliphatic heterocycles. The zero-order chi connectivity index (χ0) is 21.8. The normalized spacial score (nSPS) is 12.8. The SMILES string of the molecule is CC(C)(O)C(C)(C)O[B]c1cccc2c1sc1ccc(-c3nc4ccccc4o3)cc12. The molecule has 1 radical (unpaired) electrons. The summed E-state index contributed by atoms with van der Waals surface area (Å²) in [5.74, 6) is 0.625. The standard InChI is InChI=1S/C25H23BNO3S/c1-24(2,28)25(3,4)30-26-18-9-7-8-16-17-14-15(12-13-21(17)31-22(16)18)23-27-19-10-5-6-11-20(19)29-23/h5-14,28H,1-4H3. The van der Waals surface area contributed by atoms with Crippen molar-refractivity contribution in [3.63, 3.8) is 0 Å². The van der Waals surface area contributed by atoms with Crippen LogP contribution in [0.25, 0.3) is 42.7 Å². The van der Waals surface area contributed by atoms with E-state index in [2.05, 4.69) is 29.2 Å². The molecule has 0 aliphatic carbocycles. The Labute approximate surface area is 185 Å². The van der Waals surface area contributed by atoms with Crippen molar-refractivity contribution >= 4 is 55.6 Å². The predicted octanol–water partition coefficient (Wildman–Crippen LogP) is 5.67. The second kappa shape index (κ2) is 7.19. The number of nitrogens with zero attached hydrogens (tertiary/aromatic N) is 1. The zero-order valence-corrected chi connectivity index (χ0v) is 18.8. The number of fused-ring (bicyclic) bond motifs is 4. The Balaban J connectivity index is 1.55. The van der Waals surface area contributed by atoms with Gasteiger partial charge in [0.05, 0.1) is 11.2 Å². The number of para-hydroxylation sites is 2. The first-order chi connectivity index (χ1) is 14.7. The molecule has 2 aromatic heterocycles. The van der Waals surface area contributed by atoms with E-state index in [1.165, 1.54) is 4.70 Å². The molecule has 3 aromatic carbocycles. The highest BCUT2D eigenvalue weighted by Crippen LogP contribution is 2.36. The summed E-state index contributed by atoms with van der Waals surface area (Å²) in [6.45, 7) is 7.30. The van der Waals surface area contributed by atoms with E-state index in [9.17, 15) is 5.11 Å². The number of aromatic nitrogens is 1. The van der Waals surface area contributed by atoms with Crippen molar-refractivity contribution in [1.82, 2.24) is 4.98 Å². The molecule has 2 heterocycles. The first kappa shape index (κ1) is 20.2. The van der Waals surface area contributed by atoms with E-state index < -0.39 is 11.2 Å². The third-order valence-corrected chi connectivity index (χ3v) is 7.26. The van der Waals surface area contributed by atoms with Crippen LogP contribution < -0.4 is 5.46 Å². The highest BCUT2D eigenvalue weighted by Gasteiger charge is 2.35. The van der Waals surface area contributed by atoms with E-state index in [1.54, 1.807) is 32.7 Å². The van der Waals surface area contributed by atoms with Crippen molar-refractivity contribution in [2.45, 2.75) is 38.9 Å². The maximum Gasteiger partial charge on any atom is 0.332 e. The average Bonchev–Trinajstić information content (AvgIpc) is 3.32. The molecule has 4 nitrogen and oxygen atoms in total. The quantitative estimate of drug-likeness (QED) is 0.367. The van der Waals surface area contributed by atoms with Crippen LogP contribution in [0.4, 0.5) is 0 Å². The third kappa shape index (κ3) is 3.55. The van der Waals surface area contributed by atoms with Crippen molar-refractivity contribution in [3.05, 3.63) is 60.7 Å². The van der Waals surface area contributed by atoms with Gasteiger partial charge in [0.1, 0.15) is 5.52 Å². The van der Waals surface area contributed by atoms with E-state index >= 15 is 0 Å². The van der Waals surface area contributed by atoms with Gasteiger partial charge < -0.3 is 14.2 Å². The molecule has 0 saturated carbocycles. The fraction of sp³-hybridized carbons (Fsp3) is 0.240. The molecule has 0 spiro atoms. The second-order valence-electron chi connectivity index (χ2n) is 8.83. The van der Waals surface area contributed by atoms with Gasteiger partial charge in [-0.1, -0.05) is 30.3 Å². The monoisotopic (exact) mass is 428 g/mol.